The molecule has 1 N–H and O–H groups in total. The van der Waals surface area contributed by atoms with Crippen LogP contribution in [0.4, 0.5) is 0 Å². The van der Waals surface area contributed by atoms with Gasteiger partial charge in [-0.25, -0.2) is 0 Å². The molecule has 0 aromatic heterocycles. The lowest BCUT2D eigenvalue weighted by atomic mass is 9.99. The third-order valence-corrected chi connectivity index (χ3v) is 4.47. The molecular formula is C14H17BrClNO. The van der Waals surface area contributed by atoms with E-state index in [1.165, 1.54) is 0 Å². The highest BCUT2D eigenvalue weighted by Gasteiger charge is 2.34. The van der Waals surface area contributed by atoms with Crippen molar-refractivity contribution < 1.29 is 4.79 Å². The van der Waals surface area contributed by atoms with Crippen molar-refractivity contribution in [2.75, 3.05) is 5.88 Å². The Balaban J connectivity index is 2.16. The molecule has 18 heavy (non-hydrogen) atoms. The molecule has 0 saturated heterocycles. The molecule has 2 nitrogen and oxygen atoms in total. The molecular weight excluding hydrogens is 314 g/mol. The standard InChI is InChI=1S/C14H17BrClNO/c1-10-6-11(8-12(15)7-10)13(18)17-14(9-16)4-2-3-5-14/h6-8H,2-5,9H2,1H3,(H,17,18). The molecule has 98 valence electrons. The molecule has 0 aliphatic heterocycles. The molecule has 4 heteroatoms. The number of halogens is 2. The van der Waals surface area contributed by atoms with Gasteiger partial charge in [-0.3, -0.25) is 4.79 Å². The molecule has 1 amide bonds. The molecule has 0 radical (unpaired) electrons. The summed E-state index contributed by atoms with van der Waals surface area (Å²) < 4.78 is 0.930. The fourth-order valence-corrected chi connectivity index (χ4v) is 3.47. The van der Waals surface area contributed by atoms with Crippen molar-refractivity contribution in [2.45, 2.75) is 38.1 Å². The van der Waals surface area contributed by atoms with Gasteiger partial charge in [-0.2, -0.15) is 0 Å². The van der Waals surface area contributed by atoms with Crippen molar-refractivity contribution in [3.05, 3.63) is 33.8 Å². The summed E-state index contributed by atoms with van der Waals surface area (Å²) in [6.45, 7) is 1.98. The van der Waals surface area contributed by atoms with Crippen molar-refractivity contribution in [1.82, 2.24) is 5.32 Å². The van der Waals surface area contributed by atoms with Crippen LogP contribution in [0.1, 0.15) is 41.6 Å². The molecule has 0 unspecified atom stereocenters. The van der Waals surface area contributed by atoms with Crippen LogP contribution in [0.2, 0.25) is 0 Å². The molecule has 1 aromatic carbocycles. The fourth-order valence-electron chi connectivity index (χ4n) is 2.52. The van der Waals surface area contributed by atoms with E-state index in [0.29, 0.717) is 11.4 Å². The van der Waals surface area contributed by atoms with Gasteiger partial charge in [0.25, 0.3) is 5.91 Å². The Kier molecular flexibility index (Phi) is 4.33. The maximum Gasteiger partial charge on any atom is 0.251 e. The second-order valence-corrected chi connectivity index (χ2v) is 6.28. The number of benzene rings is 1. The summed E-state index contributed by atoms with van der Waals surface area (Å²) in [6.07, 6.45) is 4.25. The Morgan fingerprint density at radius 1 is 1.39 bits per heavy atom. The number of rotatable bonds is 3. The minimum absolute atomic E-state index is 0.0260. The van der Waals surface area contributed by atoms with Crippen LogP contribution in [-0.2, 0) is 0 Å². The molecule has 2 rings (SSSR count). The first-order chi connectivity index (χ1) is 8.54. The van der Waals surface area contributed by atoms with Crippen molar-refractivity contribution in [3.8, 4) is 0 Å². The first kappa shape index (κ1) is 13.9. The van der Waals surface area contributed by atoms with Gasteiger partial charge in [-0.05, 0) is 43.5 Å². The topological polar surface area (TPSA) is 29.1 Å². The number of amides is 1. The Bertz CT molecular complexity index is 435. The largest absolute Gasteiger partial charge is 0.345 e. The van der Waals surface area contributed by atoms with Crippen LogP contribution in [0.25, 0.3) is 0 Å². The highest BCUT2D eigenvalue weighted by molar-refractivity contribution is 9.10. The zero-order valence-electron chi connectivity index (χ0n) is 10.4. The van der Waals surface area contributed by atoms with E-state index in [4.69, 9.17) is 11.6 Å². The Morgan fingerprint density at radius 2 is 2.06 bits per heavy atom. The van der Waals surface area contributed by atoms with E-state index in [1.807, 2.05) is 25.1 Å². The van der Waals surface area contributed by atoms with Crippen molar-refractivity contribution in [2.24, 2.45) is 0 Å². The Labute approximate surface area is 121 Å². The van der Waals surface area contributed by atoms with Gasteiger partial charge < -0.3 is 5.32 Å². The lowest BCUT2D eigenvalue weighted by molar-refractivity contribution is 0.0909. The first-order valence-electron chi connectivity index (χ1n) is 6.20. The molecule has 0 bridgehead atoms. The minimum atomic E-state index is -0.200. The summed E-state index contributed by atoms with van der Waals surface area (Å²) in [5.74, 6) is 0.466. The SMILES string of the molecule is Cc1cc(Br)cc(C(=O)NC2(CCl)CCCC2)c1. The highest BCUT2D eigenvalue weighted by atomic mass is 79.9. The molecule has 1 aliphatic rings. The number of hydrogen-bond donors (Lipinski definition) is 1. The molecule has 1 aliphatic carbocycles. The first-order valence-corrected chi connectivity index (χ1v) is 7.53. The van der Waals surface area contributed by atoms with Gasteiger partial charge in [0.2, 0.25) is 0 Å². The maximum absolute atomic E-state index is 12.3. The number of aryl methyl sites for hydroxylation is 1. The van der Waals surface area contributed by atoms with E-state index >= 15 is 0 Å². The van der Waals surface area contributed by atoms with Crippen LogP contribution >= 0.6 is 27.5 Å². The zero-order valence-corrected chi connectivity index (χ0v) is 12.8. The molecule has 1 saturated carbocycles. The van der Waals surface area contributed by atoms with Crippen molar-refractivity contribution in [3.63, 3.8) is 0 Å². The monoisotopic (exact) mass is 329 g/mol. The summed E-state index contributed by atoms with van der Waals surface area (Å²) in [7, 11) is 0. The third kappa shape index (κ3) is 3.07. The summed E-state index contributed by atoms with van der Waals surface area (Å²) in [5.41, 5.74) is 1.56. The average Bonchev–Trinajstić information content (AvgIpc) is 2.77. The minimum Gasteiger partial charge on any atom is -0.345 e. The number of carbonyl (C=O) groups excluding carboxylic acids is 1. The molecule has 1 fully saturated rings. The summed E-state index contributed by atoms with van der Waals surface area (Å²) in [6, 6.07) is 5.74. The molecule has 0 spiro atoms. The Hall–Kier alpha value is -0.540. The van der Waals surface area contributed by atoms with E-state index in [0.717, 1.165) is 35.7 Å². The lowest BCUT2D eigenvalue weighted by Crippen LogP contribution is -2.47. The smallest absolute Gasteiger partial charge is 0.251 e. The molecule has 0 atom stereocenters. The van der Waals surface area contributed by atoms with Crippen molar-refractivity contribution >= 4 is 33.4 Å². The van der Waals surface area contributed by atoms with Crippen LogP contribution in [0, 0.1) is 6.92 Å². The zero-order chi connectivity index (χ0) is 13.2. The van der Waals surface area contributed by atoms with E-state index in [2.05, 4.69) is 21.2 Å². The number of hydrogen-bond acceptors (Lipinski definition) is 1. The number of carbonyl (C=O) groups is 1. The Morgan fingerprint density at radius 3 is 2.61 bits per heavy atom. The van der Waals surface area contributed by atoms with Gasteiger partial charge in [0.15, 0.2) is 0 Å². The van der Waals surface area contributed by atoms with Crippen LogP contribution in [0.15, 0.2) is 22.7 Å². The van der Waals surface area contributed by atoms with E-state index in [1.54, 1.807) is 0 Å². The second-order valence-electron chi connectivity index (χ2n) is 5.09. The third-order valence-electron chi connectivity index (χ3n) is 3.50. The van der Waals surface area contributed by atoms with Crippen LogP contribution in [0.5, 0.6) is 0 Å². The van der Waals surface area contributed by atoms with Crippen LogP contribution in [-0.4, -0.2) is 17.3 Å². The van der Waals surface area contributed by atoms with Gasteiger partial charge in [0.1, 0.15) is 0 Å². The van der Waals surface area contributed by atoms with Crippen molar-refractivity contribution in [1.29, 1.82) is 0 Å². The normalized spacial score (nSPS) is 17.7. The lowest BCUT2D eigenvalue weighted by Gasteiger charge is -2.28. The highest BCUT2D eigenvalue weighted by Crippen LogP contribution is 2.31. The number of nitrogens with one attached hydrogen (secondary N) is 1. The molecule has 1 aromatic rings. The number of alkyl halides is 1. The predicted octanol–water partition coefficient (Wildman–Crippen LogP) is 4.04. The summed E-state index contributed by atoms with van der Waals surface area (Å²) >= 11 is 9.45. The quantitative estimate of drug-likeness (QED) is 0.833. The predicted molar refractivity (Wildman–Crippen MR) is 78.3 cm³/mol. The summed E-state index contributed by atoms with van der Waals surface area (Å²) in [5, 5.41) is 3.12. The maximum atomic E-state index is 12.3. The van der Waals surface area contributed by atoms with Gasteiger partial charge in [-0.1, -0.05) is 28.8 Å². The van der Waals surface area contributed by atoms with E-state index in [-0.39, 0.29) is 11.4 Å². The van der Waals surface area contributed by atoms with Gasteiger partial charge >= 0.3 is 0 Å². The van der Waals surface area contributed by atoms with Gasteiger partial charge in [-0.15, -0.1) is 11.6 Å². The van der Waals surface area contributed by atoms with Crippen LogP contribution in [0.3, 0.4) is 0 Å². The van der Waals surface area contributed by atoms with E-state index in [9.17, 15) is 4.79 Å². The average molecular weight is 331 g/mol. The summed E-state index contributed by atoms with van der Waals surface area (Å²) in [4.78, 5) is 12.3. The fraction of sp³-hybridized carbons (Fsp3) is 0.500. The van der Waals surface area contributed by atoms with Crippen LogP contribution < -0.4 is 5.32 Å². The van der Waals surface area contributed by atoms with Gasteiger partial charge in [0, 0.05) is 15.9 Å². The van der Waals surface area contributed by atoms with Gasteiger partial charge in [0.05, 0.1) is 5.54 Å². The van der Waals surface area contributed by atoms with E-state index < -0.39 is 0 Å². The molecule has 0 heterocycles. The second kappa shape index (κ2) is 5.62.